The summed E-state index contributed by atoms with van der Waals surface area (Å²) in [4.78, 5) is 12.9. The zero-order valence-electron chi connectivity index (χ0n) is 14.8. The van der Waals surface area contributed by atoms with Crippen LogP contribution in [-0.4, -0.2) is 32.6 Å². The second kappa shape index (κ2) is 9.68. The molecule has 0 fully saturated rings. The molecule has 0 amide bonds. The van der Waals surface area contributed by atoms with E-state index < -0.39 is 0 Å². The molecule has 134 valence electrons. The van der Waals surface area contributed by atoms with E-state index in [4.69, 9.17) is 4.74 Å². The van der Waals surface area contributed by atoms with Crippen molar-refractivity contribution in [2.75, 3.05) is 5.75 Å². The molecule has 0 aliphatic carbocycles. The van der Waals surface area contributed by atoms with Crippen LogP contribution in [-0.2, 0) is 21.8 Å². The molecule has 2 rings (SSSR count). The number of hydrogen-bond donors (Lipinski definition) is 0. The van der Waals surface area contributed by atoms with Gasteiger partial charge in [0.05, 0.1) is 17.6 Å². The third kappa shape index (κ3) is 6.25. The summed E-state index contributed by atoms with van der Waals surface area (Å²) < 4.78 is 7.14. The fourth-order valence-electron chi connectivity index (χ4n) is 2.05. The first-order chi connectivity index (χ1) is 12.0. The van der Waals surface area contributed by atoms with E-state index in [2.05, 4.69) is 48.0 Å². The van der Waals surface area contributed by atoms with Crippen LogP contribution in [0.5, 0.6) is 0 Å². The lowest BCUT2D eigenvalue weighted by atomic mass is 10.2. The number of aryl methyl sites for hydroxylation is 1. The van der Waals surface area contributed by atoms with Crippen LogP contribution >= 0.6 is 23.5 Å². The van der Waals surface area contributed by atoms with Crippen LogP contribution in [0.25, 0.3) is 0 Å². The lowest BCUT2D eigenvalue weighted by molar-refractivity contribution is -0.144. The Balaban J connectivity index is 2.01. The quantitative estimate of drug-likeness (QED) is 0.372. The summed E-state index contributed by atoms with van der Waals surface area (Å²) >= 11 is 3.05. The summed E-state index contributed by atoms with van der Waals surface area (Å²) in [6.45, 7) is 10.2. The molecule has 0 saturated heterocycles. The molecule has 0 spiro atoms. The number of benzene rings is 1. The zero-order chi connectivity index (χ0) is 18.2. The van der Waals surface area contributed by atoms with Crippen molar-refractivity contribution in [3.63, 3.8) is 0 Å². The fourth-order valence-corrected chi connectivity index (χ4v) is 3.63. The second-order valence-electron chi connectivity index (χ2n) is 5.73. The summed E-state index contributed by atoms with van der Waals surface area (Å²) in [7, 11) is 0. The first-order valence-corrected chi connectivity index (χ1v) is 10.0. The molecule has 0 N–H and O–H groups in total. The van der Waals surface area contributed by atoms with Crippen LogP contribution in [0.3, 0.4) is 0 Å². The van der Waals surface area contributed by atoms with E-state index in [9.17, 15) is 4.79 Å². The maximum atomic E-state index is 11.7. The van der Waals surface area contributed by atoms with Gasteiger partial charge in [-0.3, -0.25) is 4.79 Å². The SMILES string of the molecule is C=CCn1c(CSc2ccc(C)cc2)nnc1SCC(=O)OC(C)C. The monoisotopic (exact) mass is 377 g/mol. The van der Waals surface area contributed by atoms with Crippen molar-refractivity contribution >= 4 is 29.5 Å². The number of nitrogens with zero attached hydrogens (tertiary/aromatic N) is 3. The number of ether oxygens (including phenoxy) is 1. The molecular formula is C18H23N3O2S2. The van der Waals surface area contributed by atoms with Gasteiger partial charge in [-0.25, -0.2) is 0 Å². The van der Waals surface area contributed by atoms with Crippen molar-refractivity contribution in [2.24, 2.45) is 0 Å². The fraction of sp³-hybridized carbons (Fsp3) is 0.389. The maximum Gasteiger partial charge on any atom is 0.316 e. The number of carbonyl (C=O) groups excluding carboxylic acids is 1. The van der Waals surface area contributed by atoms with Gasteiger partial charge < -0.3 is 9.30 Å². The number of allylic oxidation sites excluding steroid dienone is 1. The number of carbonyl (C=O) groups is 1. The molecule has 0 unspecified atom stereocenters. The van der Waals surface area contributed by atoms with Crippen LogP contribution in [0, 0.1) is 6.92 Å². The summed E-state index contributed by atoms with van der Waals surface area (Å²) in [5.74, 6) is 1.55. The topological polar surface area (TPSA) is 57.0 Å². The Morgan fingerprint density at radius 1 is 1.28 bits per heavy atom. The Labute approximate surface area is 157 Å². The minimum Gasteiger partial charge on any atom is -0.462 e. The van der Waals surface area contributed by atoms with Gasteiger partial charge in [-0.1, -0.05) is 35.5 Å². The molecule has 0 atom stereocenters. The van der Waals surface area contributed by atoms with Gasteiger partial charge in [0.15, 0.2) is 5.16 Å². The molecule has 0 saturated carbocycles. The van der Waals surface area contributed by atoms with Crippen molar-refractivity contribution < 1.29 is 9.53 Å². The first kappa shape index (κ1) is 19.6. The van der Waals surface area contributed by atoms with E-state index in [1.807, 2.05) is 18.4 Å². The van der Waals surface area contributed by atoms with Gasteiger partial charge in [0.2, 0.25) is 0 Å². The highest BCUT2D eigenvalue weighted by Gasteiger charge is 2.14. The van der Waals surface area contributed by atoms with E-state index in [-0.39, 0.29) is 17.8 Å². The Bertz CT molecular complexity index is 712. The van der Waals surface area contributed by atoms with Crippen molar-refractivity contribution in [3.8, 4) is 0 Å². The number of thioether (sulfide) groups is 2. The molecule has 0 radical (unpaired) electrons. The minimum absolute atomic E-state index is 0.111. The van der Waals surface area contributed by atoms with Gasteiger partial charge in [-0.15, -0.1) is 28.5 Å². The van der Waals surface area contributed by atoms with Gasteiger partial charge in [-0.2, -0.15) is 0 Å². The van der Waals surface area contributed by atoms with Crippen LogP contribution in [0.2, 0.25) is 0 Å². The smallest absolute Gasteiger partial charge is 0.316 e. The Morgan fingerprint density at radius 3 is 2.64 bits per heavy atom. The average molecular weight is 378 g/mol. The van der Waals surface area contributed by atoms with Gasteiger partial charge in [0, 0.05) is 11.4 Å². The molecule has 1 heterocycles. The average Bonchev–Trinajstić information content (AvgIpc) is 2.94. The standard InChI is InChI=1S/C18H23N3O2S2/c1-5-10-21-16(11-24-15-8-6-14(4)7-9-15)19-20-18(21)25-12-17(22)23-13(2)3/h5-9,13H,1,10-12H2,2-4H3. The Hall–Kier alpha value is -1.73. The number of aromatic nitrogens is 3. The maximum absolute atomic E-state index is 11.7. The van der Waals surface area contributed by atoms with E-state index >= 15 is 0 Å². The van der Waals surface area contributed by atoms with Crippen LogP contribution in [0.4, 0.5) is 0 Å². The predicted octanol–water partition coefficient (Wildman–Crippen LogP) is 4.11. The zero-order valence-corrected chi connectivity index (χ0v) is 16.4. The molecule has 0 aliphatic heterocycles. The Kier molecular flexibility index (Phi) is 7.58. The molecule has 25 heavy (non-hydrogen) atoms. The molecule has 0 bridgehead atoms. The van der Waals surface area contributed by atoms with Crippen molar-refractivity contribution in [1.29, 1.82) is 0 Å². The highest BCUT2D eigenvalue weighted by atomic mass is 32.2. The van der Waals surface area contributed by atoms with Gasteiger partial charge in [0.1, 0.15) is 5.82 Å². The van der Waals surface area contributed by atoms with Crippen molar-refractivity contribution in [3.05, 3.63) is 48.3 Å². The van der Waals surface area contributed by atoms with E-state index in [0.717, 1.165) is 5.82 Å². The number of hydrogen-bond acceptors (Lipinski definition) is 6. The number of rotatable bonds is 9. The second-order valence-corrected chi connectivity index (χ2v) is 7.72. The summed E-state index contributed by atoms with van der Waals surface area (Å²) in [5, 5.41) is 9.21. The summed E-state index contributed by atoms with van der Waals surface area (Å²) in [6.07, 6.45) is 1.69. The molecular weight excluding hydrogens is 354 g/mol. The Morgan fingerprint density at radius 2 is 2.00 bits per heavy atom. The molecule has 2 aromatic rings. The first-order valence-electron chi connectivity index (χ1n) is 8.04. The van der Waals surface area contributed by atoms with Gasteiger partial charge in [0.25, 0.3) is 0 Å². The van der Waals surface area contributed by atoms with E-state index in [1.165, 1.54) is 22.2 Å². The molecule has 1 aromatic heterocycles. The third-order valence-electron chi connectivity index (χ3n) is 3.18. The molecule has 1 aromatic carbocycles. The predicted molar refractivity (Wildman–Crippen MR) is 103 cm³/mol. The molecule has 0 aliphatic rings. The lowest BCUT2D eigenvalue weighted by Gasteiger charge is -2.09. The largest absolute Gasteiger partial charge is 0.462 e. The van der Waals surface area contributed by atoms with Crippen LogP contribution < -0.4 is 0 Å². The van der Waals surface area contributed by atoms with Crippen LogP contribution in [0.15, 0.2) is 47.0 Å². The lowest BCUT2D eigenvalue weighted by Crippen LogP contribution is -2.14. The summed E-state index contributed by atoms with van der Waals surface area (Å²) in [5.41, 5.74) is 1.24. The van der Waals surface area contributed by atoms with E-state index in [1.54, 1.807) is 17.8 Å². The van der Waals surface area contributed by atoms with Gasteiger partial charge in [-0.05, 0) is 32.9 Å². The third-order valence-corrected chi connectivity index (χ3v) is 5.13. The van der Waals surface area contributed by atoms with Crippen molar-refractivity contribution in [1.82, 2.24) is 14.8 Å². The minimum atomic E-state index is -0.247. The molecule has 5 nitrogen and oxygen atoms in total. The van der Waals surface area contributed by atoms with E-state index in [0.29, 0.717) is 17.5 Å². The number of esters is 1. The molecule has 7 heteroatoms. The van der Waals surface area contributed by atoms with Crippen molar-refractivity contribution in [2.45, 2.75) is 49.2 Å². The van der Waals surface area contributed by atoms with Crippen LogP contribution in [0.1, 0.15) is 25.2 Å². The highest BCUT2D eigenvalue weighted by molar-refractivity contribution is 7.99. The normalized spacial score (nSPS) is 10.9. The summed E-state index contributed by atoms with van der Waals surface area (Å²) in [6, 6.07) is 8.40. The highest BCUT2D eigenvalue weighted by Crippen LogP contribution is 2.25. The van der Waals surface area contributed by atoms with Gasteiger partial charge >= 0.3 is 5.97 Å².